The van der Waals surface area contributed by atoms with Gasteiger partial charge in [0.25, 0.3) is 0 Å². The van der Waals surface area contributed by atoms with Gasteiger partial charge in [-0.1, -0.05) is 67.6 Å². The summed E-state index contributed by atoms with van der Waals surface area (Å²) >= 11 is 1.54. The van der Waals surface area contributed by atoms with Crippen LogP contribution in [0.3, 0.4) is 0 Å². The van der Waals surface area contributed by atoms with Crippen molar-refractivity contribution in [2.45, 2.75) is 141 Å². The van der Waals surface area contributed by atoms with Crippen LogP contribution in [0.4, 0.5) is 14.9 Å². The van der Waals surface area contributed by atoms with Gasteiger partial charge in [-0.3, -0.25) is 14.7 Å². The lowest BCUT2D eigenvalue weighted by Gasteiger charge is -2.30. The third kappa shape index (κ3) is 12.6. The number of likely N-dealkylation sites (tertiary alicyclic amines) is 2. The van der Waals surface area contributed by atoms with E-state index in [0.29, 0.717) is 90.6 Å². The second kappa shape index (κ2) is 24.6. The molecular weight excluding hydrogens is 1130 g/mol. The molecule has 8 aromatic rings. The third-order valence-electron chi connectivity index (χ3n) is 16.9. The molecule has 22 heteroatoms. The number of aliphatic hydroxyl groups is 2. The maximum absolute atomic E-state index is 16.2. The van der Waals surface area contributed by atoms with Gasteiger partial charge in [0, 0.05) is 84.2 Å². The summed E-state index contributed by atoms with van der Waals surface area (Å²) in [6, 6.07) is 18.1. The molecule has 4 aromatic heterocycles. The van der Waals surface area contributed by atoms with Crippen LogP contribution in [-0.2, 0) is 25.7 Å². The summed E-state index contributed by atoms with van der Waals surface area (Å²) in [5.41, 5.74) is 10.5. The first-order valence-electron chi connectivity index (χ1n) is 30.0. The molecule has 4 aliphatic rings. The van der Waals surface area contributed by atoms with E-state index in [9.17, 15) is 24.6 Å². The van der Waals surface area contributed by atoms with Crippen molar-refractivity contribution in [3.63, 3.8) is 0 Å². The Hall–Kier alpha value is -8.05. The first-order valence-corrected chi connectivity index (χ1v) is 30.9. The maximum atomic E-state index is 16.2. The van der Waals surface area contributed by atoms with E-state index in [1.54, 1.807) is 29.7 Å². The highest BCUT2D eigenvalue weighted by molar-refractivity contribution is 7.13. The molecule has 4 fully saturated rings. The number of fused-ring (bicyclic) bond motifs is 2. The normalized spacial score (nSPS) is 19.0. The Labute approximate surface area is 507 Å². The number of halogens is 1. The van der Waals surface area contributed by atoms with Crippen molar-refractivity contribution >= 4 is 56.7 Å². The van der Waals surface area contributed by atoms with Gasteiger partial charge in [0.05, 0.1) is 66.0 Å². The number of carbonyl (C=O) groups excluding carboxylic acids is 3. The molecule has 4 aromatic carbocycles. The zero-order valence-electron chi connectivity index (χ0n) is 50.0. The monoisotopic (exact) mass is 1200 g/mol. The van der Waals surface area contributed by atoms with Crippen molar-refractivity contribution < 1.29 is 47.9 Å². The van der Waals surface area contributed by atoms with Crippen molar-refractivity contribution in [3.05, 3.63) is 118 Å². The van der Waals surface area contributed by atoms with Gasteiger partial charge in [0.1, 0.15) is 47.4 Å². The van der Waals surface area contributed by atoms with Gasteiger partial charge in [-0.25, -0.2) is 23.8 Å². The van der Waals surface area contributed by atoms with Crippen LogP contribution in [0.1, 0.15) is 119 Å². The highest BCUT2D eigenvalue weighted by atomic mass is 32.1. The highest BCUT2D eigenvalue weighted by Gasteiger charge is 2.44. The number of pyridine rings is 1. The second-order valence-electron chi connectivity index (χ2n) is 24.8. The summed E-state index contributed by atoms with van der Waals surface area (Å²) in [6.07, 6.45) is 5.98. The average Bonchev–Trinajstić information content (AvgIpc) is 1.97. The summed E-state index contributed by atoms with van der Waals surface area (Å²) in [5.74, 6) is -0.521. The number of aryl methyl sites for hydroxylation is 1. The molecule has 3 amide bonds. The summed E-state index contributed by atoms with van der Waals surface area (Å²) in [4.78, 5) is 55.8. The topological polar surface area (TPSA) is 244 Å². The number of rotatable bonds is 18. The van der Waals surface area contributed by atoms with Gasteiger partial charge < -0.3 is 49.6 Å². The molecule has 3 aliphatic heterocycles. The van der Waals surface area contributed by atoms with Crippen LogP contribution in [0.25, 0.3) is 54.6 Å². The van der Waals surface area contributed by atoms with Gasteiger partial charge in [-0.2, -0.15) is 5.10 Å². The van der Waals surface area contributed by atoms with E-state index >= 15 is 4.39 Å². The molecule has 12 rings (SSSR count). The van der Waals surface area contributed by atoms with Gasteiger partial charge in [0.15, 0.2) is 5.75 Å². The molecule has 5 atom stereocenters. The molecule has 0 bridgehead atoms. The fourth-order valence-electron chi connectivity index (χ4n) is 12.3. The number of benzene rings is 4. The first-order chi connectivity index (χ1) is 41.9. The van der Waals surface area contributed by atoms with Gasteiger partial charge in [-0.15, -0.1) is 16.4 Å². The Kier molecular flexibility index (Phi) is 16.8. The van der Waals surface area contributed by atoms with E-state index in [-0.39, 0.29) is 62.1 Å². The molecule has 5 N–H and O–H groups in total. The van der Waals surface area contributed by atoms with Crippen LogP contribution in [0, 0.1) is 25.6 Å². The Morgan fingerprint density at radius 1 is 0.943 bits per heavy atom. The van der Waals surface area contributed by atoms with Crippen molar-refractivity contribution in [2.24, 2.45) is 5.92 Å². The number of nitrogens with one attached hydrogen (secondary N) is 3. The molecule has 1 aliphatic carbocycles. The second-order valence-corrected chi connectivity index (χ2v) is 25.7. The van der Waals surface area contributed by atoms with Crippen LogP contribution >= 0.6 is 11.3 Å². The smallest absolute Gasteiger partial charge is 0.410 e. The minimum atomic E-state index is -0.993. The number of ether oxygens (including phenoxy) is 4. The number of nitrogens with zero attached hydrogens (tertiary/aromatic N) is 8. The molecule has 456 valence electrons. The summed E-state index contributed by atoms with van der Waals surface area (Å²) in [5, 5.41) is 46.0. The third-order valence-corrected chi connectivity index (χ3v) is 17.9. The van der Waals surface area contributed by atoms with Gasteiger partial charge >= 0.3 is 6.09 Å². The number of aliphatic hydroxyl groups excluding tert-OH is 2. The Morgan fingerprint density at radius 2 is 1.70 bits per heavy atom. The van der Waals surface area contributed by atoms with Crippen LogP contribution < -0.4 is 20.1 Å². The number of hydrogen-bond donors (Lipinski definition) is 5. The summed E-state index contributed by atoms with van der Waals surface area (Å²) in [6.45, 7) is 14.9. The average molecular weight is 1200 g/mol. The minimum absolute atomic E-state index is 0.0317. The molecule has 0 spiro atoms. The van der Waals surface area contributed by atoms with Gasteiger partial charge in [0.2, 0.25) is 17.7 Å². The zero-order valence-corrected chi connectivity index (χ0v) is 50.8. The van der Waals surface area contributed by atoms with Crippen molar-refractivity contribution in [2.75, 3.05) is 44.8 Å². The molecule has 1 saturated carbocycles. The number of aromatic nitrogens is 7. The Bertz CT molecular complexity index is 3830. The SMILES string of the molecule is Cc1ncsc1-c1ccc([C@H](CO)NC(=O)[C@@H]2C[C@@H](O)CN2C(=O)[C@H](C(C)C)n2cc(-c3ccc(COc4c(-c5c(C)c(F)cc6[nH]ncc56)c(C5CC5)cc5c(N[C@H]6CCN(C(=O)OC(C)(C)C)C6)cc(OC6CCOCC6)nc45)cc3)nn2)cc1. The van der Waals surface area contributed by atoms with Crippen LogP contribution in [0.15, 0.2) is 84.6 Å². The number of hydrogen-bond acceptors (Lipinski definition) is 16. The van der Waals surface area contributed by atoms with Crippen molar-refractivity contribution in [1.82, 2.24) is 50.3 Å². The molecule has 87 heavy (non-hydrogen) atoms. The van der Waals surface area contributed by atoms with Crippen LogP contribution in [0.2, 0.25) is 0 Å². The number of carbonyl (C=O) groups is 3. The molecule has 20 nitrogen and oxygen atoms in total. The predicted octanol–water partition coefficient (Wildman–Crippen LogP) is 10.4. The largest absolute Gasteiger partial charge is 0.486 e. The summed E-state index contributed by atoms with van der Waals surface area (Å²) < 4.78 is 43.1. The number of β-amino-alcohol motifs (C(OH)–C–C–N with tert-alkyl or cyclic N) is 1. The summed E-state index contributed by atoms with van der Waals surface area (Å²) in [7, 11) is 0. The molecule has 3 saturated heterocycles. The van der Waals surface area contributed by atoms with Crippen LogP contribution in [0.5, 0.6) is 11.6 Å². The lowest BCUT2D eigenvalue weighted by Crippen LogP contribution is -2.50. The number of H-pyrrole nitrogens is 1. The lowest BCUT2D eigenvalue weighted by atomic mass is 9.88. The molecule has 7 heterocycles. The minimum Gasteiger partial charge on any atom is -0.486 e. The Balaban J connectivity index is 0.828. The maximum Gasteiger partial charge on any atom is 0.410 e. The standard InChI is InChI=1S/C65H74FN11O9S/c1-35(2)59(63(81)76-30-44(79)24-54(76)62(80)70-53(32-78)41-14-16-42(17-15-41)61-37(4)67-34-87-61)77-31-52(73-74-77)40-10-8-38(9-11-40)33-84-60-57(56-36(3)49(66)26-51-48(56)28-68-72-51)46(39-12-13-39)25-47-50(27-55(71-58(47)60)85-45-19-22-83-23-20-45)69-43-18-21-75(29-43)64(82)86-65(5,6)7/h8-11,14-17,25-28,31,34-35,39,43-45,53-54,59,78-79H,12-13,18-24,29-30,32-33H2,1-7H3,(H,68,72)(H,69,71)(H,70,80)/t43-,44+,53-,54-,59-/m0/s1. The van der Waals surface area contributed by atoms with E-state index in [1.165, 1.54) is 27.0 Å². The molecular formula is C65H74FN11O9S. The fraction of sp³-hybridized carbons (Fsp3) is 0.446. The van der Waals surface area contributed by atoms with E-state index in [2.05, 4.69) is 42.2 Å². The zero-order chi connectivity index (χ0) is 60.8. The predicted molar refractivity (Wildman–Crippen MR) is 328 cm³/mol. The quantitative estimate of drug-likeness (QED) is 0.0536. The van der Waals surface area contributed by atoms with Crippen molar-refractivity contribution in [1.29, 1.82) is 0 Å². The fourth-order valence-corrected chi connectivity index (χ4v) is 13.1. The van der Waals surface area contributed by atoms with E-state index in [1.807, 2.05) is 96.1 Å². The number of anilines is 1. The first kappa shape index (κ1) is 59.3. The lowest BCUT2D eigenvalue weighted by molar-refractivity contribution is -0.142. The van der Waals surface area contributed by atoms with E-state index < -0.39 is 41.6 Å². The van der Waals surface area contributed by atoms with Crippen LogP contribution in [-0.4, -0.2) is 142 Å². The number of amides is 3. The van der Waals surface area contributed by atoms with E-state index in [4.69, 9.17) is 23.9 Å². The molecule has 0 unspecified atom stereocenters. The molecule has 0 radical (unpaired) electrons. The van der Waals surface area contributed by atoms with Gasteiger partial charge in [-0.05, 0) is 106 Å². The highest BCUT2D eigenvalue weighted by Crippen LogP contribution is 2.53. The Morgan fingerprint density at radius 3 is 2.40 bits per heavy atom. The number of aromatic amines is 1. The van der Waals surface area contributed by atoms with Crippen molar-refractivity contribution in [3.8, 4) is 44.5 Å². The van der Waals surface area contributed by atoms with E-state index in [0.717, 1.165) is 67.7 Å². The number of thiazole rings is 1.